The molecule has 0 aliphatic carbocycles. The van der Waals surface area contributed by atoms with Gasteiger partial charge in [-0.05, 0) is 36.1 Å². The molecule has 0 saturated heterocycles. The monoisotopic (exact) mass is 341 g/mol. The van der Waals surface area contributed by atoms with E-state index in [1.165, 1.54) is 0 Å². The van der Waals surface area contributed by atoms with Crippen LogP contribution in [0.4, 0.5) is 0 Å². The molecule has 0 heterocycles. The van der Waals surface area contributed by atoms with Crippen molar-refractivity contribution in [2.45, 2.75) is 38.8 Å². The second kappa shape index (κ2) is 8.67. The van der Waals surface area contributed by atoms with Crippen molar-refractivity contribution in [3.8, 4) is 5.75 Å². The maximum atomic E-state index is 12.8. The van der Waals surface area contributed by atoms with Gasteiger partial charge in [0.05, 0.1) is 25.2 Å². The summed E-state index contributed by atoms with van der Waals surface area (Å²) in [6.07, 6.45) is -0.779. The lowest BCUT2D eigenvalue weighted by Gasteiger charge is -2.26. The number of nitrogens with one attached hydrogen (secondary N) is 1. The topological polar surface area (TPSA) is 58.6 Å². The molecular formula is C21H27NO3. The Hall–Kier alpha value is -2.33. The number of aliphatic hydroxyl groups excluding tert-OH is 1. The molecule has 1 amide bonds. The number of aliphatic hydroxyl groups is 1. The second-order valence-electron chi connectivity index (χ2n) is 6.65. The molecule has 4 heteroatoms. The number of hydrogen-bond donors (Lipinski definition) is 2. The fraction of sp³-hybridized carbons (Fsp3) is 0.381. The molecule has 0 radical (unpaired) electrons. The zero-order valence-corrected chi connectivity index (χ0v) is 15.3. The standard InChI is InChI=1S/C21H27NO3/c1-14(2)19(16-8-6-5-7-9-16)21(24)22-15(3)20(23)17-10-12-18(25-4)13-11-17/h5-15,19-20,23H,1-4H3,(H,22,24). The maximum Gasteiger partial charge on any atom is 0.228 e. The van der Waals surface area contributed by atoms with Crippen LogP contribution in [0.2, 0.25) is 0 Å². The first-order chi connectivity index (χ1) is 11.9. The van der Waals surface area contributed by atoms with E-state index < -0.39 is 12.1 Å². The molecule has 0 bridgehead atoms. The third-order valence-electron chi connectivity index (χ3n) is 4.41. The summed E-state index contributed by atoms with van der Waals surface area (Å²) in [5.41, 5.74) is 1.73. The molecule has 0 saturated carbocycles. The van der Waals surface area contributed by atoms with Crippen LogP contribution >= 0.6 is 0 Å². The summed E-state index contributed by atoms with van der Waals surface area (Å²) in [5, 5.41) is 13.5. The minimum atomic E-state index is -0.779. The van der Waals surface area contributed by atoms with Gasteiger partial charge in [-0.25, -0.2) is 0 Å². The van der Waals surface area contributed by atoms with Crippen LogP contribution in [0, 0.1) is 5.92 Å². The van der Waals surface area contributed by atoms with Gasteiger partial charge in [-0.3, -0.25) is 4.79 Å². The second-order valence-corrected chi connectivity index (χ2v) is 6.65. The maximum absolute atomic E-state index is 12.8. The zero-order chi connectivity index (χ0) is 18.4. The van der Waals surface area contributed by atoms with Gasteiger partial charge in [-0.15, -0.1) is 0 Å². The predicted molar refractivity (Wildman–Crippen MR) is 99.6 cm³/mol. The van der Waals surface area contributed by atoms with Gasteiger partial charge < -0.3 is 15.2 Å². The fourth-order valence-corrected chi connectivity index (χ4v) is 2.98. The largest absolute Gasteiger partial charge is 0.497 e. The fourth-order valence-electron chi connectivity index (χ4n) is 2.98. The van der Waals surface area contributed by atoms with Gasteiger partial charge in [0.2, 0.25) is 5.91 Å². The summed E-state index contributed by atoms with van der Waals surface area (Å²) >= 11 is 0. The van der Waals surface area contributed by atoms with E-state index in [-0.39, 0.29) is 17.7 Å². The van der Waals surface area contributed by atoms with E-state index in [2.05, 4.69) is 5.32 Å². The smallest absolute Gasteiger partial charge is 0.228 e. The Kier molecular flexibility index (Phi) is 6.59. The summed E-state index contributed by atoms with van der Waals surface area (Å²) in [5.74, 6) is 0.581. The molecule has 0 aromatic heterocycles. The summed E-state index contributed by atoms with van der Waals surface area (Å²) < 4.78 is 5.13. The van der Waals surface area contributed by atoms with Crippen molar-refractivity contribution < 1.29 is 14.6 Å². The number of carbonyl (C=O) groups is 1. The van der Waals surface area contributed by atoms with Crippen LogP contribution in [0.5, 0.6) is 5.75 Å². The van der Waals surface area contributed by atoms with Crippen LogP contribution in [-0.2, 0) is 4.79 Å². The molecule has 3 unspecified atom stereocenters. The van der Waals surface area contributed by atoms with Gasteiger partial charge in [0.25, 0.3) is 0 Å². The molecule has 0 fully saturated rings. The quantitative estimate of drug-likeness (QED) is 0.808. The van der Waals surface area contributed by atoms with Crippen molar-refractivity contribution >= 4 is 5.91 Å². The molecule has 4 nitrogen and oxygen atoms in total. The predicted octanol–water partition coefficient (Wildman–Crippen LogP) is 3.67. The number of hydrogen-bond acceptors (Lipinski definition) is 3. The van der Waals surface area contributed by atoms with E-state index in [4.69, 9.17) is 4.74 Å². The lowest BCUT2D eigenvalue weighted by atomic mass is 9.87. The Morgan fingerprint density at radius 2 is 1.56 bits per heavy atom. The van der Waals surface area contributed by atoms with E-state index in [1.807, 2.05) is 63.2 Å². The first kappa shape index (κ1) is 19.0. The number of ether oxygens (including phenoxy) is 1. The summed E-state index contributed by atoms with van der Waals surface area (Å²) in [6.45, 7) is 5.87. The first-order valence-electron chi connectivity index (χ1n) is 8.61. The van der Waals surface area contributed by atoms with Crippen LogP contribution in [0.1, 0.15) is 43.9 Å². The first-order valence-corrected chi connectivity index (χ1v) is 8.61. The molecule has 2 aromatic carbocycles. The molecule has 3 atom stereocenters. The molecule has 134 valence electrons. The van der Waals surface area contributed by atoms with Crippen LogP contribution in [0.15, 0.2) is 54.6 Å². The normalized spacial score (nSPS) is 14.6. The summed E-state index contributed by atoms with van der Waals surface area (Å²) in [7, 11) is 1.60. The third kappa shape index (κ3) is 4.83. The lowest BCUT2D eigenvalue weighted by Crippen LogP contribution is -2.41. The van der Waals surface area contributed by atoms with Gasteiger partial charge in [0.15, 0.2) is 0 Å². The van der Waals surface area contributed by atoms with Crippen molar-refractivity contribution in [1.82, 2.24) is 5.32 Å². The molecule has 2 aromatic rings. The lowest BCUT2D eigenvalue weighted by molar-refractivity contribution is -0.125. The van der Waals surface area contributed by atoms with Gasteiger partial charge in [0.1, 0.15) is 5.75 Å². The highest BCUT2D eigenvalue weighted by molar-refractivity contribution is 5.84. The molecule has 0 aliphatic heterocycles. The minimum absolute atomic E-state index is 0.0683. The molecular weight excluding hydrogens is 314 g/mol. The van der Waals surface area contributed by atoms with E-state index in [9.17, 15) is 9.90 Å². The van der Waals surface area contributed by atoms with Crippen LogP contribution in [-0.4, -0.2) is 24.2 Å². The van der Waals surface area contributed by atoms with Gasteiger partial charge in [-0.1, -0.05) is 56.3 Å². The third-order valence-corrected chi connectivity index (χ3v) is 4.41. The van der Waals surface area contributed by atoms with Gasteiger partial charge >= 0.3 is 0 Å². The number of amides is 1. The van der Waals surface area contributed by atoms with Crippen molar-refractivity contribution in [2.75, 3.05) is 7.11 Å². The highest BCUT2D eigenvalue weighted by atomic mass is 16.5. The number of benzene rings is 2. The Balaban J connectivity index is 2.08. The molecule has 0 aliphatic rings. The number of methoxy groups -OCH3 is 1. The summed E-state index contributed by atoms with van der Waals surface area (Å²) in [6, 6.07) is 16.6. The highest BCUT2D eigenvalue weighted by Crippen LogP contribution is 2.26. The Morgan fingerprint density at radius 1 is 0.960 bits per heavy atom. The van der Waals surface area contributed by atoms with Crippen molar-refractivity contribution in [3.63, 3.8) is 0 Å². The van der Waals surface area contributed by atoms with Crippen molar-refractivity contribution in [3.05, 3.63) is 65.7 Å². The van der Waals surface area contributed by atoms with E-state index in [0.717, 1.165) is 16.9 Å². The Bertz CT molecular complexity index is 667. The number of carbonyl (C=O) groups excluding carboxylic acids is 1. The van der Waals surface area contributed by atoms with Crippen molar-refractivity contribution in [2.24, 2.45) is 5.92 Å². The van der Waals surface area contributed by atoms with Gasteiger partial charge in [0, 0.05) is 0 Å². The Labute approximate surface area is 149 Å². The van der Waals surface area contributed by atoms with E-state index in [1.54, 1.807) is 19.2 Å². The van der Waals surface area contributed by atoms with Crippen molar-refractivity contribution in [1.29, 1.82) is 0 Å². The molecule has 2 N–H and O–H groups in total. The average molecular weight is 341 g/mol. The van der Waals surface area contributed by atoms with E-state index in [0.29, 0.717) is 0 Å². The van der Waals surface area contributed by atoms with Crippen LogP contribution in [0.3, 0.4) is 0 Å². The van der Waals surface area contributed by atoms with E-state index >= 15 is 0 Å². The molecule has 25 heavy (non-hydrogen) atoms. The van der Waals surface area contributed by atoms with Gasteiger partial charge in [-0.2, -0.15) is 0 Å². The van der Waals surface area contributed by atoms with Crippen LogP contribution < -0.4 is 10.1 Å². The minimum Gasteiger partial charge on any atom is -0.497 e. The Morgan fingerprint density at radius 3 is 2.08 bits per heavy atom. The summed E-state index contributed by atoms with van der Waals surface area (Å²) in [4.78, 5) is 12.8. The van der Waals surface area contributed by atoms with Crippen LogP contribution in [0.25, 0.3) is 0 Å². The molecule has 0 spiro atoms. The SMILES string of the molecule is COc1ccc(C(O)C(C)NC(=O)C(c2ccccc2)C(C)C)cc1. The molecule has 2 rings (SSSR count). The zero-order valence-electron chi connectivity index (χ0n) is 15.3. The average Bonchev–Trinajstić information content (AvgIpc) is 2.61. The highest BCUT2D eigenvalue weighted by Gasteiger charge is 2.27. The number of rotatable bonds is 7.